The van der Waals surface area contributed by atoms with Crippen molar-refractivity contribution < 1.29 is 9.84 Å². The number of fused-ring (bicyclic) bond motifs is 1. The number of aromatic hydroxyl groups is 1. The molecule has 0 saturated carbocycles. The number of ether oxygens (including phenoxy) is 1. The van der Waals surface area contributed by atoms with E-state index in [9.17, 15) is 5.11 Å². The van der Waals surface area contributed by atoms with Crippen LogP contribution in [0.4, 0.5) is 0 Å². The van der Waals surface area contributed by atoms with Crippen molar-refractivity contribution in [3.05, 3.63) is 53.1 Å². The van der Waals surface area contributed by atoms with Gasteiger partial charge in [0.15, 0.2) is 11.5 Å². The topological polar surface area (TPSA) is 32.7 Å². The van der Waals surface area contributed by atoms with Crippen LogP contribution in [0.3, 0.4) is 0 Å². The zero-order valence-corrected chi connectivity index (χ0v) is 18.3. The third kappa shape index (κ3) is 5.20. The summed E-state index contributed by atoms with van der Waals surface area (Å²) in [5.74, 6) is 0.749. The van der Waals surface area contributed by atoms with Gasteiger partial charge in [0.05, 0.1) is 7.11 Å². The third-order valence-electron chi connectivity index (χ3n) is 5.26. The highest BCUT2D eigenvalue weighted by Crippen LogP contribution is 2.34. The second-order valence-electron chi connectivity index (χ2n) is 7.31. The molecule has 1 heterocycles. The summed E-state index contributed by atoms with van der Waals surface area (Å²) in [5.41, 5.74) is 4.23. The molecule has 2 aromatic rings. The van der Waals surface area contributed by atoms with Gasteiger partial charge in [-0.25, -0.2) is 0 Å². The molecule has 0 spiro atoms. The highest BCUT2D eigenvalue weighted by Gasteiger charge is 2.31. The largest absolute Gasteiger partial charge is 0.504 e. The van der Waals surface area contributed by atoms with Crippen molar-refractivity contribution in [1.29, 1.82) is 0 Å². The fraction of sp³-hybridized carbons (Fsp3) is 0.478. The van der Waals surface area contributed by atoms with Gasteiger partial charge in [0.25, 0.3) is 0 Å². The molecule has 1 aliphatic rings. The third-order valence-corrected chi connectivity index (χ3v) is 5.99. The van der Waals surface area contributed by atoms with Gasteiger partial charge in [-0.1, -0.05) is 26.0 Å². The Hall–Kier alpha value is -1.65. The first-order chi connectivity index (χ1) is 12.9. The van der Waals surface area contributed by atoms with Crippen LogP contribution in [0.1, 0.15) is 50.8 Å². The second kappa shape index (κ2) is 9.52. The Morgan fingerprint density at radius 2 is 1.78 bits per heavy atom. The lowest BCUT2D eigenvalue weighted by molar-refractivity contribution is 0.109. The van der Waals surface area contributed by atoms with E-state index in [4.69, 9.17) is 4.74 Å². The van der Waals surface area contributed by atoms with Crippen LogP contribution in [0.5, 0.6) is 11.5 Å². The lowest BCUT2D eigenvalue weighted by atomic mass is 9.93. The van der Waals surface area contributed by atoms with Crippen LogP contribution in [0, 0.1) is 0 Å². The van der Waals surface area contributed by atoms with Crippen molar-refractivity contribution in [2.45, 2.75) is 64.1 Å². The number of phenols is 1. The molecule has 27 heavy (non-hydrogen) atoms. The van der Waals surface area contributed by atoms with Crippen molar-refractivity contribution >= 4 is 11.8 Å². The maximum absolute atomic E-state index is 9.74. The van der Waals surface area contributed by atoms with Gasteiger partial charge in [-0.05, 0) is 73.9 Å². The van der Waals surface area contributed by atoms with E-state index in [2.05, 4.69) is 43.2 Å². The summed E-state index contributed by atoms with van der Waals surface area (Å²) in [6.45, 7) is 10.7. The zero-order valence-electron chi connectivity index (χ0n) is 17.5. The monoisotopic (exact) mass is 387 g/mol. The van der Waals surface area contributed by atoms with Crippen molar-refractivity contribution in [3.63, 3.8) is 0 Å². The summed E-state index contributed by atoms with van der Waals surface area (Å²) >= 11 is 1.80. The van der Waals surface area contributed by atoms with Crippen LogP contribution < -0.4 is 4.74 Å². The molecule has 1 aliphatic heterocycles. The lowest BCUT2D eigenvalue weighted by Crippen LogP contribution is -2.40. The summed E-state index contributed by atoms with van der Waals surface area (Å²) < 4.78 is 5.22. The van der Waals surface area contributed by atoms with E-state index in [1.807, 2.05) is 26.0 Å². The number of aryl methyl sites for hydroxylation is 1. The number of benzene rings is 2. The predicted molar refractivity (Wildman–Crippen MR) is 116 cm³/mol. The molecule has 0 fully saturated rings. The number of methoxy groups -OCH3 is 1. The average Bonchev–Trinajstić information content (AvgIpc) is 3.13. The van der Waals surface area contributed by atoms with Gasteiger partial charge in [0.2, 0.25) is 0 Å². The van der Waals surface area contributed by atoms with Crippen molar-refractivity contribution in [2.24, 2.45) is 0 Å². The molecular formula is C23H33NO2S. The Labute approximate surface area is 168 Å². The van der Waals surface area contributed by atoms with Gasteiger partial charge in [0, 0.05) is 23.5 Å². The molecule has 0 atom stereocenters. The van der Waals surface area contributed by atoms with Gasteiger partial charge in [0.1, 0.15) is 0 Å². The van der Waals surface area contributed by atoms with E-state index in [-0.39, 0.29) is 11.3 Å². The number of hydrogen-bond donors (Lipinski definition) is 1. The molecule has 0 bridgehead atoms. The molecule has 0 unspecified atom stereocenters. The SMILES string of the molecule is CC.COc1cc(CCC(C)(C)N2Cc3ccc(SC)cc3C2)ccc1O. The van der Waals surface area contributed by atoms with E-state index in [0.717, 1.165) is 25.9 Å². The van der Waals surface area contributed by atoms with Gasteiger partial charge < -0.3 is 9.84 Å². The second-order valence-corrected chi connectivity index (χ2v) is 8.19. The maximum Gasteiger partial charge on any atom is 0.160 e. The minimum Gasteiger partial charge on any atom is -0.504 e. The molecule has 3 nitrogen and oxygen atoms in total. The molecule has 3 rings (SSSR count). The number of hydrogen-bond acceptors (Lipinski definition) is 4. The Bertz CT molecular complexity index is 758. The van der Waals surface area contributed by atoms with Gasteiger partial charge in [-0.2, -0.15) is 0 Å². The molecular weight excluding hydrogens is 354 g/mol. The summed E-state index contributed by atoms with van der Waals surface area (Å²) in [5, 5.41) is 9.74. The average molecular weight is 388 g/mol. The Morgan fingerprint density at radius 3 is 2.44 bits per heavy atom. The Kier molecular flexibility index (Phi) is 7.63. The quantitative estimate of drug-likeness (QED) is 0.628. The molecule has 0 amide bonds. The van der Waals surface area contributed by atoms with Crippen LogP contribution in [0.15, 0.2) is 41.3 Å². The molecule has 2 aromatic carbocycles. The molecule has 4 heteroatoms. The minimum atomic E-state index is 0.115. The predicted octanol–water partition coefficient (Wildman–Crippen LogP) is 5.88. The maximum atomic E-state index is 9.74. The first-order valence-electron chi connectivity index (χ1n) is 9.69. The van der Waals surface area contributed by atoms with Crippen molar-refractivity contribution in [3.8, 4) is 11.5 Å². The lowest BCUT2D eigenvalue weighted by Gasteiger charge is -2.35. The minimum absolute atomic E-state index is 0.115. The van der Waals surface area contributed by atoms with Gasteiger partial charge in [-0.3, -0.25) is 4.90 Å². The van der Waals surface area contributed by atoms with E-state index in [0.29, 0.717) is 5.75 Å². The first-order valence-corrected chi connectivity index (χ1v) is 10.9. The van der Waals surface area contributed by atoms with Crippen LogP contribution in [0.25, 0.3) is 0 Å². The fourth-order valence-corrected chi connectivity index (χ4v) is 3.88. The van der Waals surface area contributed by atoms with Crippen LogP contribution in [0.2, 0.25) is 0 Å². The van der Waals surface area contributed by atoms with E-state index in [1.165, 1.54) is 21.6 Å². The molecule has 0 radical (unpaired) electrons. The number of thioether (sulfide) groups is 1. The highest BCUT2D eigenvalue weighted by atomic mass is 32.2. The standard InChI is InChI=1S/C21H27NO2S.C2H6/c1-21(2,10-9-15-5-8-19(23)20(11-15)24-3)22-13-16-6-7-18(25-4)12-17(16)14-22;1-2/h5-8,11-12,23H,9-10,13-14H2,1-4H3;1-2H3. The number of nitrogens with zero attached hydrogens (tertiary/aromatic N) is 1. The summed E-state index contributed by atoms with van der Waals surface area (Å²) in [6, 6.07) is 12.5. The summed E-state index contributed by atoms with van der Waals surface area (Å²) in [6.07, 6.45) is 4.15. The summed E-state index contributed by atoms with van der Waals surface area (Å²) in [7, 11) is 1.59. The van der Waals surface area contributed by atoms with Crippen molar-refractivity contribution in [2.75, 3.05) is 13.4 Å². The van der Waals surface area contributed by atoms with E-state index in [1.54, 1.807) is 24.9 Å². The molecule has 1 N–H and O–H groups in total. The number of phenolic OH excluding ortho intramolecular Hbond substituents is 1. The molecule has 0 aromatic heterocycles. The summed E-state index contributed by atoms with van der Waals surface area (Å²) in [4.78, 5) is 3.91. The Morgan fingerprint density at radius 1 is 1.07 bits per heavy atom. The van der Waals surface area contributed by atoms with Crippen LogP contribution in [-0.2, 0) is 19.5 Å². The Balaban J connectivity index is 0.00000126. The smallest absolute Gasteiger partial charge is 0.160 e. The van der Waals surface area contributed by atoms with Crippen molar-refractivity contribution in [1.82, 2.24) is 4.90 Å². The first kappa shape index (κ1) is 21.6. The van der Waals surface area contributed by atoms with Gasteiger partial charge >= 0.3 is 0 Å². The van der Waals surface area contributed by atoms with Crippen LogP contribution >= 0.6 is 11.8 Å². The highest BCUT2D eigenvalue weighted by molar-refractivity contribution is 7.98. The van der Waals surface area contributed by atoms with E-state index < -0.39 is 0 Å². The molecule has 0 aliphatic carbocycles. The number of rotatable bonds is 6. The van der Waals surface area contributed by atoms with Gasteiger partial charge in [-0.15, -0.1) is 11.8 Å². The molecule has 148 valence electrons. The van der Waals surface area contributed by atoms with Crippen LogP contribution in [-0.4, -0.2) is 28.9 Å². The normalized spacial score (nSPS) is 13.7. The zero-order chi connectivity index (χ0) is 20.0. The molecule has 0 saturated heterocycles. The van der Waals surface area contributed by atoms with E-state index >= 15 is 0 Å². The fourth-order valence-electron chi connectivity index (χ4n) is 3.41.